The topological polar surface area (TPSA) is 103 Å². The van der Waals surface area contributed by atoms with Gasteiger partial charge < -0.3 is 42.6 Å². The van der Waals surface area contributed by atoms with E-state index >= 15 is 5.11 Å². The monoisotopic (exact) mass is 722 g/mol. The van der Waals surface area contributed by atoms with E-state index < -0.39 is 29.3 Å². The lowest BCUT2D eigenvalue weighted by molar-refractivity contribution is -0.535. The molecule has 0 aromatic carbocycles. The van der Waals surface area contributed by atoms with Gasteiger partial charge >= 0.3 is 5.97 Å². The van der Waals surface area contributed by atoms with Crippen LogP contribution in [0.5, 0.6) is 0 Å². The van der Waals surface area contributed by atoms with Crippen molar-refractivity contribution < 1.29 is 47.7 Å². The van der Waals surface area contributed by atoms with Crippen LogP contribution in [-0.2, 0) is 47.7 Å². The number of hydrogen-bond donors (Lipinski definition) is 0. The van der Waals surface area contributed by atoms with Crippen LogP contribution in [0.25, 0.3) is 0 Å². The summed E-state index contributed by atoms with van der Waals surface area (Å²) in [7, 11) is 0. The zero-order chi connectivity index (χ0) is 38.4. The Morgan fingerprint density at radius 3 is 1.76 bits per heavy atom. The summed E-state index contributed by atoms with van der Waals surface area (Å²) in [5.41, 5.74) is -2.28. The number of rotatable bonds is 33. The average Bonchev–Trinajstić information content (AvgIpc) is 3.02. The lowest BCUT2D eigenvalue weighted by Crippen LogP contribution is -2.66. The smallest absolute Gasteiger partial charge is 0.326 e. The molecule has 1 radical (unpaired) electrons. The van der Waals surface area contributed by atoms with Crippen molar-refractivity contribution in [3.63, 3.8) is 0 Å². The molecule has 0 amide bonds. The molecule has 0 aromatic heterocycles. The van der Waals surface area contributed by atoms with Crippen LogP contribution in [0.2, 0.25) is 0 Å². The summed E-state index contributed by atoms with van der Waals surface area (Å²) in [5.74, 6) is -3.73. The Morgan fingerprint density at radius 1 is 0.600 bits per heavy atom. The van der Waals surface area contributed by atoms with Crippen molar-refractivity contribution in [3.8, 4) is 0 Å². The normalized spacial score (nSPS) is 17.3. The van der Waals surface area contributed by atoms with Crippen LogP contribution in [0.15, 0.2) is 0 Å². The summed E-state index contributed by atoms with van der Waals surface area (Å²) in [5, 5.41) is 15.2. The van der Waals surface area contributed by atoms with Gasteiger partial charge in [0.2, 0.25) is 0 Å². The molecule has 0 spiro atoms. The first-order valence-electron chi connectivity index (χ1n) is 19.8. The van der Waals surface area contributed by atoms with E-state index in [0.29, 0.717) is 44.8 Å². The quantitative estimate of drug-likeness (QED) is 0.0484. The second-order valence-electron chi connectivity index (χ2n) is 15.7. The summed E-state index contributed by atoms with van der Waals surface area (Å²) >= 11 is 0. The van der Waals surface area contributed by atoms with Crippen LogP contribution in [0.3, 0.4) is 0 Å². The van der Waals surface area contributed by atoms with E-state index in [1.165, 1.54) is 0 Å². The molecule has 0 aliphatic carbocycles. The van der Waals surface area contributed by atoms with Crippen molar-refractivity contribution in [1.29, 1.82) is 0 Å². The van der Waals surface area contributed by atoms with E-state index in [0.717, 1.165) is 32.1 Å². The molecule has 0 bridgehead atoms. The minimum atomic E-state index is -2.38. The van der Waals surface area contributed by atoms with Gasteiger partial charge in [-0.2, -0.15) is 5.11 Å². The summed E-state index contributed by atoms with van der Waals surface area (Å²) < 4.78 is 56.8. The predicted molar refractivity (Wildman–Crippen MR) is 199 cm³/mol. The molecule has 0 aromatic rings. The molecule has 0 aliphatic rings. The van der Waals surface area contributed by atoms with Gasteiger partial charge in [0.25, 0.3) is 5.97 Å². The molecule has 301 valence electrons. The Morgan fingerprint density at radius 2 is 1.22 bits per heavy atom. The molecule has 0 rings (SSSR count). The van der Waals surface area contributed by atoms with Crippen LogP contribution >= 0.6 is 0 Å². The van der Waals surface area contributed by atoms with Gasteiger partial charge in [-0.15, -0.1) is 0 Å². The molecule has 0 fully saturated rings. The van der Waals surface area contributed by atoms with Crippen molar-refractivity contribution in [1.82, 2.24) is 0 Å². The molecular formula is C40H81O10. The SMILES string of the molecule is CCCCOC(CCCCOC(OCCC(OCC)OC(C)C)(OCC(C)C)C(C)(C)C([O])(OCCC(C)C)OC(C)(C)CC)OC(C)CC. The summed E-state index contributed by atoms with van der Waals surface area (Å²) in [6.45, 7) is 31.9. The predicted octanol–water partition coefficient (Wildman–Crippen LogP) is 10.0. The average molecular weight is 722 g/mol. The van der Waals surface area contributed by atoms with E-state index in [1.54, 1.807) is 13.8 Å². The Bertz CT molecular complexity index is 820. The largest absolute Gasteiger partial charge is 0.353 e. The molecule has 10 heteroatoms. The molecule has 0 aliphatic heterocycles. The first-order chi connectivity index (χ1) is 23.3. The highest BCUT2D eigenvalue weighted by molar-refractivity contribution is 4.91. The van der Waals surface area contributed by atoms with Crippen molar-refractivity contribution in [2.45, 2.75) is 204 Å². The fourth-order valence-corrected chi connectivity index (χ4v) is 4.83. The number of unbranched alkanes of at least 4 members (excludes halogenated alkanes) is 2. The second kappa shape index (κ2) is 25.6. The Balaban J connectivity index is 6.60. The number of ether oxygens (including phenoxy) is 9. The fraction of sp³-hybridized carbons (Fsp3) is 1.00. The maximum absolute atomic E-state index is 15.2. The first-order valence-corrected chi connectivity index (χ1v) is 19.8. The maximum Gasteiger partial charge on any atom is 0.326 e. The zero-order valence-corrected chi connectivity index (χ0v) is 35.2. The van der Waals surface area contributed by atoms with Gasteiger partial charge in [-0.25, -0.2) is 0 Å². The van der Waals surface area contributed by atoms with Gasteiger partial charge in [0.1, 0.15) is 5.41 Å². The molecular weight excluding hydrogens is 640 g/mol. The highest BCUT2D eigenvalue weighted by Gasteiger charge is 2.66. The van der Waals surface area contributed by atoms with Crippen molar-refractivity contribution in [3.05, 3.63) is 0 Å². The third-order valence-electron chi connectivity index (χ3n) is 8.70. The Hall–Kier alpha value is -0.400. The fourth-order valence-electron chi connectivity index (χ4n) is 4.83. The van der Waals surface area contributed by atoms with Gasteiger partial charge in [0.15, 0.2) is 12.6 Å². The third kappa shape index (κ3) is 19.1. The van der Waals surface area contributed by atoms with Gasteiger partial charge in [-0.3, -0.25) is 0 Å². The third-order valence-corrected chi connectivity index (χ3v) is 8.70. The highest BCUT2D eigenvalue weighted by Crippen LogP contribution is 2.49. The van der Waals surface area contributed by atoms with Gasteiger partial charge in [-0.05, 0) is 112 Å². The van der Waals surface area contributed by atoms with E-state index in [-0.39, 0.29) is 50.8 Å². The van der Waals surface area contributed by atoms with Gasteiger partial charge in [0, 0.05) is 19.6 Å². The second-order valence-corrected chi connectivity index (χ2v) is 15.7. The number of hydrogen-bond acceptors (Lipinski definition) is 9. The van der Waals surface area contributed by atoms with E-state index in [1.807, 2.05) is 41.5 Å². The maximum atomic E-state index is 15.2. The van der Waals surface area contributed by atoms with Crippen LogP contribution < -0.4 is 0 Å². The summed E-state index contributed by atoms with van der Waals surface area (Å²) in [6.07, 6.45) is 6.16. The molecule has 0 N–H and O–H groups in total. The van der Waals surface area contributed by atoms with Crippen LogP contribution in [0, 0.1) is 17.3 Å². The molecule has 0 heterocycles. The molecule has 5 atom stereocenters. The minimum Gasteiger partial charge on any atom is -0.353 e. The van der Waals surface area contributed by atoms with Crippen LogP contribution in [0.1, 0.15) is 162 Å². The summed E-state index contributed by atoms with van der Waals surface area (Å²) in [4.78, 5) is 0. The standard InChI is InChI=1S/C40H81O10/c1-16-20-26-43-35(49-34(11)17-2)23-21-22-27-45-40(47-30-32(7)8,46-29-25-36(42-19-4)48-33(9)10)38(14,15)39(41,44-28-24-31(5)6)50-37(12,13)18-3/h31-36H,16-30H2,1-15H3. The van der Waals surface area contributed by atoms with Crippen molar-refractivity contribution in [2.75, 3.05) is 39.6 Å². The van der Waals surface area contributed by atoms with Gasteiger partial charge in [-0.1, -0.05) is 54.9 Å². The minimum absolute atomic E-state index is 0.0337. The lowest BCUT2D eigenvalue weighted by atomic mass is 9.85. The molecule has 50 heavy (non-hydrogen) atoms. The van der Waals surface area contributed by atoms with Crippen molar-refractivity contribution >= 4 is 0 Å². The van der Waals surface area contributed by atoms with E-state index in [9.17, 15) is 0 Å². The Labute approximate surface area is 308 Å². The lowest BCUT2D eigenvalue weighted by Gasteiger charge is -2.52. The zero-order valence-electron chi connectivity index (χ0n) is 35.2. The van der Waals surface area contributed by atoms with Crippen LogP contribution in [-0.4, -0.2) is 82.0 Å². The summed E-state index contributed by atoms with van der Waals surface area (Å²) in [6, 6.07) is 0. The molecule has 0 saturated carbocycles. The van der Waals surface area contributed by atoms with E-state index in [2.05, 4.69) is 48.5 Å². The Kier molecular flexibility index (Phi) is 25.4. The molecule has 5 unspecified atom stereocenters. The molecule has 0 saturated heterocycles. The van der Waals surface area contributed by atoms with Crippen LogP contribution in [0.4, 0.5) is 0 Å². The van der Waals surface area contributed by atoms with Gasteiger partial charge in [0.05, 0.1) is 44.2 Å². The first kappa shape index (κ1) is 49.6. The molecule has 10 nitrogen and oxygen atoms in total. The highest BCUT2D eigenvalue weighted by atomic mass is 16.9. The van der Waals surface area contributed by atoms with E-state index in [4.69, 9.17) is 42.6 Å². The van der Waals surface area contributed by atoms with Crippen molar-refractivity contribution in [2.24, 2.45) is 17.3 Å².